The zero-order chi connectivity index (χ0) is 18.8. The summed E-state index contributed by atoms with van der Waals surface area (Å²) in [4.78, 5) is 20.9. The Labute approximate surface area is 163 Å². The highest BCUT2D eigenvalue weighted by atomic mass is 32.1. The van der Waals surface area contributed by atoms with Crippen molar-refractivity contribution in [3.8, 4) is 0 Å². The predicted molar refractivity (Wildman–Crippen MR) is 113 cm³/mol. The zero-order valence-corrected chi connectivity index (χ0v) is 16.5. The maximum atomic E-state index is 12.7. The molecule has 0 saturated carbocycles. The van der Waals surface area contributed by atoms with Crippen molar-refractivity contribution in [2.75, 3.05) is 23.8 Å². The molecule has 1 aliphatic rings. The highest BCUT2D eigenvalue weighted by Gasteiger charge is 2.38. The topological polar surface area (TPSA) is 48.5 Å². The van der Waals surface area contributed by atoms with E-state index in [4.69, 9.17) is 0 Å². The fourth-order valence-corrected chi connectivity index (χ4v) is 4.37. The molecule has 2 amide bonds. The molecule has 4 rings (SSSR count). The van der Waals surface area contributed by atoms with Crippen molar-refractivity contribution in [2.24, 2.45) is 0 Å². The Hall–Kier alpha value is -2.60. The summed E-state index contributed by atoms with van der Waals surface area (Å²) in [7, 11) is 1.83. The minimum atomic E-state index is -0.135. The van der Waals surface area contributed by atoms with Gasteiger partial charge in [-0.25, -0.2) is 14.7 Å². The summed E-state index contributed by atoms with van der Waals surface area (Å²) in [6.45, 7) is 2.83. The number of benzene rings is 2. The van der Waals surface area contributed by atoms with Gasteiger partial charge in [0, 0.05) is 12.7 Å². The Morgan fingerprint density at radius 1 is 1.19 bits per heavy atom. The van der Waals surface area contributed by atoms with E-state index in [2.05, 4.69) is 41.5 Å². The minimum Gasteiger partial charge on any atom is -0.363 e. The number of carbonyl (C=O) groups is 1. The standard InChI is InChI=1S/C21H24N4OS/c1-3-4-7-15-10-12-16(13-11-15)22-19-14-24(2)21(26)25(19)20-23-17-8-5-6-9-18(17)27-20/h5-6,8-13,19,22H,3-4,7,14H2,1-2H3. The summed E-state index contributed by atoms with van der Waals surface area (Å²) < 4.78 is 1.09. The fourth-order valence-electron chi connectivity index (χ4n) is 3.37. The van der Waals surface area contributed by atoms with E-state index in [-0.39, 0.29) is 12.2 Å². The second-order valence-corrected chi connectivity index (χ2v) is 7.97. The van der Waals surface area contributed by atoms with Gasteiger partial charge in [-0.1, -0.05) is 48.9 Å². The van der Waals surface area contributed by atoms with E-state index >= 15 is 0 Å². The summed E-state index contributed by atoms with van der Waals surface area (Å²) in [6.07, 6.45) is 3.39. The van der Waals surface area contributed by atoms with Crippen LogP contribution in [0.5, 0.6) is 0 Å². The first-order valence-corrected chi connectivity index (χ1v) is 10.2. The number of likely N-dealkylation sites (N-methyl/N-ethyl adjacent to an activating group) is 1. The lowest BCUT2D eigenvalue weighted by Crippen LogP contribution is -2.39. The number of hydrogen-bond acceptors (Lipinski definition) is 4. The molecule has 0 radical (unpaired) electrons. The zero-order valence-electron chi connectivity index (χ0n) is 15.7. The molecule has 1 N–H and O–H groups in total. The van der Waals surface area contributed by atoms with Crippen molar-refractivity contribution < 1.29 is 4.79 Å². The highest BCUT2D eigenvalue weighted by molar-refractivity contribution is 7.22. The first kappa shape index (κ1) is 17.8. The van der Waals surface area contributed by atoms with E-state index in [9.17, 15) is 4.79 Å². The number of para-hydroxylation sites is 1. The van der Waals surface area contributed by atoms with Gasteiger partial charge in [-0.3, -0.25) is 0 Å². The predicted octanol–water partition coefficient (Wildman–Crippen LogP) is 4.95. The van der Waals surface area contributed by atoms with Crippen LogP contribution in [0, 0.1) is 0 Å². The molecule has 1 atom stereocenters. The van der Waals surface area contributed by atoms with Gasteiger partial charge in [-0.05, 0) is 42.7 Å². The van der Waals surface area contributed by atoms with Gasteiger partial charge in [-0.2, -0.15) is 0 Å². The quantitative estimate of drug-likeness (QED) is 0.658. The molecule has 27 heavy (non-hydrogen) atoms. The van der Waals surface area contributed by atoms with Gasteiger partial charge in [0.2, 0.25) is 0 Å². The molecule has 0 bridgehead atoms. The van der Waals surface area contributed by atoms with Gasteiger partial charge in [0.25, 0.3) is 0 Å². The van der Waals surface area contributed by atoms with Crippen LogP contribution in [0.4, 0.5) is 15.6 Å². The molecule has 2 heterocycles. The monoisotopic (exact) mass is 380 g/mol. The van der Waals surface area contributed by atoms with Crippen molar-refractivity contribution in [3.05, 3.63) is 54.1 Å². The molecule has 6 heteroatoms. The van der Waals surface area contributed by atoms with E-state index in [1.54, 1.807) is 21.1 Å². The van der Waals surface area contributed by atoms with E-state index in [0.29, 0.717) is 6.54 Å². The van der Waals surface area contributed by atoms with E-state index in [1.165, 1.54) is 18.4 Å². The summed E-state index contributed by atoms with van der Waals surface area (Å²) in [5, 5.41) is 4.25. The number of amides is 2. The SMILES string of the molecule is CCCCc1ccc(NC2CN(C)C(=O)N2c2nc3ccccc3s2)cc1. The second-order valence-electron chi connectivity index (χ2n) is 6.96. The lowest BCUT2D eigenvalue weighted by Gasteiger charge is -2.22. The van der Waals surface area contributed by atoms with Crippen molar-refractivity contribution >= 4 is 38.4 Å². The fraction of sp³-hybridized carbons (Fsp3) is 0.333. The van der Waals surface area contributed by atoms with Crippen LogP contribution in [-0.4, -0.2) is 35.7 Å². The van der Waals surface area contributed by atoms with Crippen LogP contribution >= 0.6 is 11.3 Å². The molecule has 1 unspecified atom stereocenters. The normalized spacial score (nSPS) is 17.1. The molecule has 1 fully saturated rings. The Morgan fingerprint density at radius 2 is 1.96 bits per heavy atom. The molecule has 5 nitrogen and oxygen atoms in total. The third-order valence-electron chi connectivity index (χ3n) is 4.89. The van der Waals surface area contributed by atoms with Crippen LogP contribution in [-0.2, 0) is 6.42 Å². The average molecular weight is 381 g/mol. The Balaban J connectivity index is 1.56. The molecular formula is C21H24N4OS. The van der Waals surface area contributed by atoms with Gasteiger partial charge in [0.1, 0.15) is 6.17 Å². The lowest BCUT2D eigenvalue weighted by molar-refractivity contribution is 0.229. The highest BCUT2D eigenvalue weighted by Crippen LogP contribution is 2.33. The first-order valence-electron chi connectivity index (χ1n) is 9.41. The number of fused-ring (bicyclic) bond motifs is 1. The van der Waals surface area contributed by atoms with Crippen molar-refractivity contribution in [3.63, 3.8) is 0 Å². The number of nitrogens with one attached hydrogen (secondary N) is 1. The smallest absolute Gasteiger partial charge is 0.327 e. The van der Waals surface area contributed by atoms with Gasteiger partial charge in [0.05, 0.1) is 16.8 Å². The van der Waals surface area contributed by atoms with Crippen LogP contribution in [0.15, 0.2) is 48.5 Å². The first-order chi connectivity index (χ1) is 13.2. The molecule has 2 aromatic carbocycles. The van der Waals surface area contributed by atoms with Gasteiger partial charge in [0.15, 0.2) is 5.13 Å². The van der Waals surface area contributed by atoms with E-state index in [1.807, 2.05) is 31.3 Å². The van der Waals surface area contributed by atoms with Crippen molar-refractivity contribution in [2.45, 2.75) is 32.4 Å². The summed E-state index contributed by atoms with van der Waals surface area (Å²) in [5.74, 6) is 0. The maximum absolute atomic E-state index is 12.7. The number of unbranched alkanes of at least 4 members (excludes halogenated alkanes) is 1. The van der Waals surface area contributed by atoms with Crippen LogP contribution in [0.25, 0.3) is 10.2 Å². The van der Waals surface area contributed by atoms with Crippen LogP contribution in [0.3, 0.4) is 0 Å². The Morgan fingerprint density at radius 3 is 2.70 bits per heavy atom. The molecule has 1 saturated heterocycles. The Kier molecular flexibility index (Phi) is 4.99. The number of nitrogens with zero attached hydrogens (tertiary/aromatic N) is 3. The van der Waals surface area contributed by atoms with E-state index in [0.717, 1.165) is 27.5 Å². The third-order valence-corrected chi connectivity index (χ3v) is 5.92. The molecule has 1 aliphatic heterocycles. The molecule has 0 aliphatic carbocycles. The summed E-state index contributed by atoms with van der Waals surface area (Å²) >= 11 is 1.55. The summed E-state index contributed by atoms with van der Waals surface area (Å²) in [6, 6.07) is 16.5. The molecule has 3 aromatic rings. The number of carbonyl (C=O) groups excluding carboxylic acids is 1. The maximum Gasteiger partial charge on any atom is 0.327 e. The lowest BCUT2D eigenvalue weighted by atomic mass is 10.1. The number of thiazole rings is 1. The second kappa shape index (κ2) is 7.56. The van der Waals surface area contributed by atoms with Crippen LogP contribution < -0.4 is 10.2 Å². The molecule has 0 spiro atoms. The minimum absolute atomic E-state index is 0.0221. The number of anilines is 2. The Bertz CT molecular complexity index is 904. The van der Waals surface area contributed by atoms with Crippen molar-refractivity contribution in [1.82, 2.24) is 9.88 Å². The average Bonchev–Trinajstić information content (AvgIpc) is 3.22. The molecule has 1 aromatic heterocycles. The number of aryl methyl sites for hydroxylation is 1. The van der Waals surface area contributed by atoms with Gasteiger partial charge >= 0.3 is 6.03 Å². The summed E-state index contributed by atoms with van der Waals surface area (Å²) in [5.41, 5.74) is 3.30. The number of urea groups is 1. The largest absolute Gasteiger partial charge is 0.363 e. The van der Waals surface area contributed by atoms with Crippen LogP contribution in [0.1, 0.15) is 25.3 Å². The molecule has 140 valence electrons. The number of aromatic nitrogens is 1. The number of rotatable bonds is 6. The third kappa shape index (κ3) is 3.62. The van der Waals surface area contributed by atoms with Gasteiger partial charge in [-0.15, -0.1) is 0 Å². The van der Waals surface area contributed by atoms with Gasteiger partial charge < -0.3 is 10.2 Å². The van der Waals surface area contributed by atoms with E-state index < -0.39 is 0 Å². The van der Waals surface area contributed by atoms with Crippen molar-refractivity contribution in [1.29, 1.82) is 0 Å². The van der Waals surface area contributed by atoms with Crippen LogP contribution in [0.2, 0.25) is 0 Å². The molecular weight excluding hydrogens is 356 g/mol. The number of hydrogen-bond donors (Lipinski definition) is 1.